The fourth-order valence-electron chi connectivity index (χ4n) is 1.88. The largest absolute Gasteiger partial charge is 0.456 e. The summed E-state index contributed by atoms with van der Waals surface area (Å²) in [5.74, 6) is 0.817. The standard InChI is InChI=1S/C16H10ClNO3S/c17-12-8-10(9-14-15(19)18-16(20)22-14)6-7-13(12)21-11-4-2-1-3-5-11/h1-9H,(H,18,19,20). The zero-order chi connectivity index (χ0) is 15.5. The first-order valence-corrected chi connectivity index (χ1v) is 7.58. The molecule has 0 saturated carbocycles. The van der Waals surface area contributed by atoms with Crippen molar-refractivity contribution in [1.29, 1.82) is 0 Å². The lowest BCUT2D eigenvalue weighted by Gasteiger charge is -2.08. The molecule has 22 heavy (non-hydrogen) atoms. The summed E-state index contributed by atoms with van der Waals surface area (Å²) < 4.78 is 5.68. The first-order chi connectivity index (χ1) is 10.6. The number of imide groups is 1. The number of ether oxygens (including phenoxy) is 1. The molecule has 0 bridgehead atoms. The monoisotopic (exact) mass is 331 g/mol. The van der Waals surface area contributed by atoms with Crippen molar-refractivity contribution in [2.24, 2.45) is 0 Å². The van der Waals surface area contributed by atoms with Gasteiger partial charge in [-0.15, -0.1) is 0 Å². The van der Waals surface area contributed by atoms with Crippen molar-refractivity contribution in [3.63, 3.8) is 0 Å². The number of carbonyl (C=O) groups excluding carboxylic acids is 2. The van der Waals surface area contributed by atoms with Crippen LogP contribution in [0.2, 0.25) is 5.02 Å². The Hall–Kier alpha value is -2.24. The molecule has 1 saturated heterocycles. The summed E-state index contributed by atoms with van der Waals surface area (Å²) in [5.41, 5.74) is 0.720. The second-order valence-corrected chi connectivity index (χ2v) is 5.88. The number of halogens is 1. The number of hydrogen-bond acceptors (Lipinski definition) is 4. The Bertz CT molecular complexity index is 774. The van der Waals surface area contributed by atoms with E-state index in [9.17, 15) is 9.59 Å². The van der Waals surface area contributed by atoms with E-state index in [4.69, 9.17) is 16.3 Å². The number of carbonyl (C=O) groups is 2. The molecule has 0 aromatic heterocycles. The summed E-state index contributed by atoms with van der Waals surface area (Å²) >= 11 is 7.07. The van der Waals surface area contributed by atoms with Crippen LogP contribution in [-0.4, -0.2) is 11.1 Å². The molecular formula is C16H10ClNO3S. The molecular weight excluding hydrogens is 322 g/mol. The summed E-state index contributed by atoms with van der Waals surface area (Å²) in [5, 5.41) is 2.26. The van der Waals surface area contributed by atoms with Crippen molar-refractivity contribution in [1.82, 2.24) is 5.32 Å². The number of hydrogen-bond donors (Lipinski definition) is 1. The van der Waals surface area contributed by atoms with Gasteiger partial charge >= 0.3 is 0 Å². The van der Waals surface area contributed by atoms with Gasteiger partial charge < -0.3 is 4.74 Å². The highest BCUT2D eigenvalue weighted by Gasteiger charge is 2.24. The third kappa shape index (κ3) is 3.32. The normalized spacial score (nSPS) is 16.0. The Morgan fingerprint density at radius 3 is 2.50 bits per heavy atom. The highest BCUT2D eigenvalue weighted by atomic mass is 35.5. The van der Waals surface area contributed by atoms with E-state index in [0.29, 0.717) is 21.4 Å². The maximum atomic E-state index is 11.5. The number of benzene rings is 2. The molecule has 1 aliphatic rings. The fraction of sp³-hybridized carbons (Fsp3) is 0. The van der Waals surface area contributed by atoms with Crippen molar-refractivity contribution < 1.29 is 14.3 Å². The van der Waals surface area contributed by atoms with Crippen LogP contribution in [0.3, 0.4) is 0 Å². The molecule has 1 fully saturated rings. The van der Waals surface area contributed by atoms with Crippen molar-refractivity contribution in [2.45, 2.75) is 0 Å². The number of thioether (sulfide) groups is 1. The van der Waals surface area contributed by atoms with E-state index in [2.05, 4.69) is 5.32 Å². The van der Waals surface area contributed by atoms with Gasteiger partial charge in [0.2, 0.25) is 0 Å². The van der Waals surface area contributed by atoms with Gasteiger partial charge in [0.05, 0.1) is 9.93 Å². The summed E-state index contributed by atoms with van der Waals surface area (Å²) in [7, 11) is 0. The predicted octanol–water partition coefficient (Wildman–Crippen LogP) is 4.46. The van der Waals surface area contributed by atoms with Crippen molar-refractivity contribution in [2.75, 3.05) is 0 Å². The maximum absolute atomic E-state index is 11.5. The van der Waals surface area contributed by atoms with Crippen LogP contribution in [-0.2, 0) is 4.79 Å². The molecule has 110 valence electrons. The highest BCUT2D eigenvalue weighted by molar-refractivity contribution is 8.18. The fourth-order valence-corrected chi connectivity index (χ4v) is 2.79. The van der Waals surface area contributed by atoms with E-state index >= 15 is 0 Å². The van der Waals surface area contributed by atoms with Gasteiger partial charge in [0.15, 0.2) is 0 Å². The van der Waals surface area contributed by atoms with Crippen LogP contribution in [0.1, 0.15) is 5.56 Å². The summed E-state index contributed by atoms with van der Waals surface area (Å²) in [6, 6.07) is 14.5. The van der Waals surface area contributed by atoms with Crippen LogP contribution in [0.4, 0.5) is 4.79 Å². The molecule has 1 aliphatic heterocycles. The topological polar surface area (TPSA) is 55.4 Å². The van der Waals surface area contributed by atoms with Gasteiger partial charge in [0.25, 0.3) is 11.1 Å². The van der Waals surface area contributed by atoms with Gasteiger partial charge in [-0.3, -0.25) is 14.9 Å². The first kappa shape index (κ1) is 14.7. The molecule has 6 heteroatoms. The molecule has 2 aromatic rings. The van der Waals surface area contributed by atoms with Gasteiger partial charge in [0, 0.05) is 0 Å². The predicted molar refractivity (Wildman–Crippen MR) is 87.1 cm³/mol. The maximum Gasteiger partial charge on any atom is 0.290 e. The molecule has 1 N–H and O–H groups in total. The SMILES string of the molecule is O=C1NC(=O)C(=Cc2ccc(Oc3ccccc3)c(Cl)c2)S1. The number of nitrogens with one attached hydrogen (secondary N) is 1. The van der Waals surface area contributed by atoms with Crippen molar-refractivity contribution in [3.8, 4) is 11.5 Å². The second-order valence-electron chi connectivity index (χ2n) is 4.46. The zero-order valence-corrected chi connectivity index (χ0v) is 12.8. The lowest BCUT2D eigenvalue weighted by atomic mass is 10.2. The summed E-state index contributed by atoms with van der Waals surface area (Å²) in [6.07, 6.45) is 1.61. The second kappa shape index (κ2) is 6.25. The molecule has 2 aromatic carbocycles. The summed E-state index contributed by atoms with van der Waals surface area (Å²) in [4.78, 5) is 23.0. The third-order valence-electron chi connectivity index (χ3n) is 2.87. The van der Waals surface area contributed by atoms with Crippen LogP contribution in [0.5, 0.6) is 11.5 Å². The van der Waals surface area contributed by atoms with Gasteiger partial charge in [-0.25, -0.2) is 0 Å². The van der Waals surface area contributed by atoms with E-state index in [0.717, 1.165) is 17.3 Å². The lowest BCUT2D eigenvalue weighted by Crippen LogP contribution is -2.17. The lowest BCUT2D eigenvalue weighted by molar-refractivity contribution is -0.115. The number of para-hydroxylation sites is 1. The molecule has 0 radical (unpaired) electrons. The molecule has 0 spiro atoms. The summed E-state index contributed by atoms with van der Waals surface area (Å²) in [6.45, 7) is 0. The average molecular weight is 332 g/mol. The molecule has 4 nitrogen and oxygen atoms in total. The Balaban J connectivity index is 1.82. The molecule has 2 amide bonds. The van der Waals surface area contributed by atoms with Crippen LogP contribution in [0.25, 0.3) is 6.08 Å². The van der Waals surface area contributed by atoms with Gasteiger partial charge in [-0.2, -0.15) is 0 Å². The molecule has 0 aliphatic carbocycles. The minimum absolute atomic E-state index is 0.345. The number of amides is 2. The van der Waals surface area contributed by atoms with Gasteiger partial charge in [-0.05, 0) is 47.7 Å². The Morgan fingerprint density at radius 1 is 1.09 bits per heavy atom. The van der Waals surface area contributed by atoms with Crippen LogP contribution >= 0.6 is 23.4 Å². The Kier molecular flexibility index (Phi) is 4.18. The Morgan fingerprint density at radius 2 is 1.86 bits per heavy atom. The number of rotatable bonds is 3. The minimum Gasteiger partial charge on any atom is -0.456 e. The highest BCUT2D eigenvalue weighted by Crippen LogP contribution is 2.32. The van der Waals surface area contributed by atoms with Crippen LogP contribution < -0.4 is 10.1 Å². The van der Waals surface area contributed by atoms with E-state index in [1.54, 1.807) is 24.3 Å². The third-order valence-corrected chi connectivity index (χ3v) is 3.97. The van der Waals surface area contributed by atoms with Gasteiger partial charge in [0.1, 0.15) is 11.5 Å². The van der Waals surface area contributed by atoms with E-state index < -0.39 is 5.91 Å². The van der Waals surface area contributed by atoms with Gasteiger partial charge in [-0.1, -0.05) is 35.9 Å². The van der Waals surface area contributed by atoms with Crippen LogP contribution in [0, 0.1) is 0 Å². The molecule has 3 rings (SSSR count). The Labute approximate surface area is 136 Å². The van der Waals surface area contributed by atoms with Crippen LogP contribution in [0.15, 0.2) is 53.4 Å². The van der Waals surface area contributed by atoms with E-state index in [1.807, 2.05) is 30.3 Å². The van der Waals surface area contributed by atoms with E-state index in [1.165, 1.54) is 0 Å². The minimum atomic E-state index is -0.393. The van der Waals surface area contributed by atoms with E-state index in [-0.39, 0.29) is 5.24 Å². The molecule has 0 unspecified atom stereocenters. The molecule has 1 heterocycles. The average Bonchev–Trinajstić information content (AvgIpc) is 2.81. The smallest absolute Gasteiger partial charge is 0.290 e. The molecule has 0 atom stereocenters. The van der Waals surface area contributed by atoms with Crippen molar-refractivity contribution in [3.05, 3.63) is 64.0 Å². The van der Waals surface area contributed by atoms with Crippen molar-refractivity contribution >= 4 is 40.6 Å². The zero-order valence-electron chi connectivity index (χ0n) is 11.2. The first-order valence-electron chi connectivity index (χ1n) is 6.39. The quantitative estimate of drug-likeness (QED) is 0.844.